The first-order valence-corrected chi connectivity index (χ1v) is 14.6. The van der Waals surface area contributed by atoms with E-state index in [9.17, 15) is 14.7 Å². The Morgan fingerprint density at radius 2 is 1.98 bits per heavy atom. The Balaban J connectivity index is 1.56. The lowest BCUT2D eigenvalue weighted by Gasteiger charge is -2.17. The number of hydrogen-bond donors (Lipinski definition) is 4. The summed E-state index contributed by atoms with van der Waals surface area (Å²) in [7, 11) is 0. The molecule has 43 heavy (non-hydrogen) atoms. The predicted molar refractivity (Wildman–Crippen MR) is 161 cm³/mol. The minimum Gasteiger partial charge on any atom is -0.464 e. The molecule has 8 nitrogen and oxygen atoms in total. The zero-order valence-corrected chi connectivity index (χ0v) is 24.8. The van der Waals surface area contributed by atoms with Gasteiger partial charge in [0.1, 0.15) is 12.4 Å². The van der Waals surface area contributed by atoms with E-state index in [0.717, 1.165) is 31.5 Å². The molecular weight excluding hydrogens is 561 g/mol. The molecule has 0 saturated heterocycles. The Morgan fingerprint density at radius 1 is 1.26 bits per heavy atom. The number of anilines is 2. The molecule has 0 atom stereocenters. The number of alkyl halides is 2. The van der Waals surface area contributed by atoms with Crippen molar-refractivity contribution in [2.75, 3.05) is 43.5 Å². The van der Waals surface area contributed by atoms with Crippen LogP contribution in [0.4, 0.5) is 24.5 Å². The standard InChI is InChI=1S/C32H39F3N4O4/c1-5-32(34,35)30-21(9-8-10-29(41)43-14-13-39(6-2)7-3)19(4)36-27(30)16-23-22-15-24(33)26(17-25(22)38-31(23)42)37-28(18-40)20-11-12-20/h5,15-17,36-37,40H,1,6-14,18H2,2-4H3,(H,38,42)/b23-16-. The second-order valence-electron chi connectivity index (χ2n) is 10.7. The summed E-state index contributed by atoms with van der Waals surface area (Å²) in [6.07, 6.45) is 4.02. The van der Waals surface area contributed by atoms with Crippen molar-refractivity contribution in [2.24, 2.45) is 0 Å². The third-order valence-electron chi connectivity index (χ3n) is 7.86. The topological polar surface area (TPSA) is 107 Å². The molecule has 1 aromatic heterocycles. The van der Waals surface area contributed by atoms with Crippen molar-refractivity contribution < 1.29 is 32.6 Å². The Labute approximate surface area is 249 Å². The average molecular weight is 601 g/mol. The normalized spacial score (nSPS) is 15.1. The van der Waals surface area contributed by atoms with Gasteiger partial charge in [-0.3, -0.25) is 9.59 Å². The summed E-state index contributed by atoms with van der Waals surface area (Å²) >= 11 is 0. The fourth-order valence-electron chi connectivity index (χ4n) is 5.27. The molecule has 232 valence electrons. The van der Waals surface area contributed by atoms with Crippen LogP contribution in [0.5, 0.6) is 0 Å². The molecule has 0 spiro atoms. The van der Waals surface area contributed by atoms with E-state index in [-0.39, 0.29) is 60.6 Å². The number of aromatic nitrogens is 1. The molecule has 1 saturated carbocycles. The highest BCUT2D eigenvalue weighted by Crippen LogP contribution is 2.42. The van der Waals surface area contributed by atoms with Crippen LogP contribution in [-0.2, 0) is 26.7 Å². The summed E-state index contributed by atoms with van der Waals surface area (Å²) in [5.74, 6) is -5.06. The van der Waals surface area contributed by atoms with E-state index < -0.39 is 23.6 Å². The number of fused-ring (bicyclic) bond motifs is 1. The average Bonchev–Trinajstić information content (AvgIpc) is 3.71. The lowest BCUT2D eigenvalue weighted by atomic mass is 9.96. The summed E-state index contributed by atoms with van der Waals surface area (Å²) in [6, 6.07) is 2.59. The van der Waals surface area contributed by atoms with E-state index in [1.54, 1.807) is 6.92 Å². The van der Waals surface area contributed by atoms with Crippen LogP contribution in [0.3, 0.4) is 0 Å². The van der Waals surface area contributed by atoms with Gasteiger partial charge in [-0.1, -0.05) is 20.4 Å². The number of aromatic amines is 1. The van der Waals surface area contributed by atoms with Crippen molar-refractivity contribution in [3.63, 3.8) is 0 Å². The summed E-state index contributed by atoms with van der Waals surface area (Å²) in [4.78, 5) is 30.3. The molecule has 1 amide bonds. The van der Waals surface area contributed by atoms with E-state index in [0.29, 0.717) is 35.3 Å². The van der Waals surface area contributed by atoms with Crippen molar-refractivity contribution in [1.29, 1.82) is 0 Å². The van der Waals surface area contributed by atoms with Crippen molar-refractivity contribution in [3.8, 4) is 0 Å². The number of nitrogens with one attached hydrogen (secondary N) is 3. The Hall–Kier alpha value is -3.83. The molecule has 2 aliphatic rings. The first-order chi connectivity index (χ1) is 20.5. The molecule has 11 heteroatoms. The number of carbonyl (C=O) groups is 2. The third kappa shape index (κ3) is 7.40. The molecule has 0 bridgehead atoms. The number of halogens is 3. The predicted octanol–water partition coefficient (Wildman–Crippen LogP) is 5.89. The SMILES string of the molecule is C=CC(F)(F)c1c(/C=C2\C(=O)Nc3cc(NC(CO)=C4CC4)c(F)cc32)[nH]c(C)c1CCCC(=O)OCCN(CC)CC. The van der Waals surface area contributed by atoms with Gasteiger partial charge in [0.25, 0.3) is 11.8 Å². The van der Waals surface area contributed by atoms with Crippen LogP contribution in [0.15, 0.2) is 36.1 Å². The number of ether oxygens (including phenoxy) is 1. The number of nitrogens with zero attached hydrogens (tertiary/aromatic N) is 1. The van der Waals surface area contributed by atoms with Crippen molar-refractivity contribution in [1.82, 2.24) is 9.88 Å². The maximum absolute atomic E-state index is 15.3. The number of hydrogen-bond acceptors (Lipinski definition) is 6. The zero-order valence-electron chi connectivity index (χ0n) is 24.8. The first kappa shape index (κ1) is 32.1. The number of carbonyl (C=O) groups excluding carboxylic acids is 2. The van der Waals surface area contributed by atoms with Gasteiger partial charge in [0.2, 0.25) is 0 Å². The molecule has 2 aromatic rings. The highest BCUT2D eigenvalue weighted by atomic mass is 19.3. The lowest BCUT2D eigenvalue weighted by Crippen LogP contribution is -2.27. The number of likely N-dealkylation sites (N-methyl/N-ethyl adjacent to an activating group) is 1. The molecule has 1 aromatic carbocycles. The van der Waals surface area contributed by atoms with Gasteiger partial charge in [-0.05, 0) is 81.1 Å². The number of esters is 1. The van der Waals surface area contributed by atoms with E-state index in [2.05, 4.69) is 27.1 Å². The van der Waals surface area contributed by atoms with Crippen molar-refractivity contribution in [2.45, 2.75) is 58.8 Å². The number of aryl methyl sites for hydroxylation is 1. The summed E-state index contributed by atoms with van der Waals surface area (Å²) in [6.45, 7) is 11.3. The second kappa shape index (κ2) is 13.6. The van der Waals surface area contributed by atoms with Crippen LogP contribution in [0.1, 0.15) is 67.6 Å². The van der Waals surface area contributed by atoms with Crippen molar-refractivity contribution >= 4 is 34.9 Å². The second-order valence-corrected chi connectivity index (χ2v) is 10.7. The maximum atomic E-state index is 15.3. The van der Waals surface area contributed by atoms with Gasteiger partial charge in [-0.15, -0.1) is 0 Å². The molecule has 1 fully saturated rings. The molecule has 0 radical (unpaired) electrons. The fraction of sp³-hybridized carbons (Fsp3) is 0.438. The highest BCUT2D eigenvalue weighted by Gasteiger charge is 2.36. The largest absolute Gasteiger partial charge is 0.464 e. The van der Waals surface area contributed by atoms with Crippen LogP contribution in [0, 0.1) is 12.7 Å². The minimum atomic E-state index is -3.44. The quantitative estimate of drug-likeness (QED) is 0.115. The van der Waals surface area contributed by atoms with Crippen LogP contribution < -0.4 is 10.6 Å². The monoisotopic (exact) mass is 600 g/mol. The number of H-pyrrole nitrogens is 1. The number of rotatable bonds is 15. The van der Waals surface area contributed by atoms with E-state index in [1.165, 1.54) is 18.2 Å². The van der Waals surface area contributed by atoms with E-state index in [4.69, 9.17) is 4.74 Å². The molecule has 4 rings (SSSR count). The van der Waals surface area contributed by atoms with E-state index >= 15 is 13.2 Å². The molecule has 2 heterocycles. The van der Waals surface area contributed by atoms with Crippen LogP contribution in [0.2, 0.25) is 0 Å². The number of benzene rings is 1. The fourth-order valence-corrected chi connectivity index (χ4v) is 5.27. The molecule has 1 aliphatic heterocycles. The van der Waals surface area contributed by atoms with E-state index in [1.807, 2.05) is 13.8 Å². The van der Waals surface area contributed by atoms with Gasteiger partial charge in [-0.25, -0.2) is 4.39 Å². The Morgan fingerprint density at radius 3 is 2.60 bits per heavy atom. The van der Waals surface area contributed by atoms with Crippen molar-refractivity contribution in [3.05, 3.63) is 70.0 Å². The van der Waals surface area contributed by atoms with Gasteiger partial charge in [-0.2, -0.15) is 8.78 Å². The molecule has 1 aliphatic carbocycles. The maximum Gasteiger partial charge on any atom is 0.305 e. The zero-order chi connectivity index (χ0) is 31.3. The van der Waals surface area contributed by atoms with Gasteiger partial charge >= 0.3 is 5.97 Å². The summed E-state index contributed by atoms with van der Waals surface area (Å²) in [5.41, 5.74) is 2.64. The number of amides is 1. The molecular formula is C32H39F3N4O4. The van der Waals surface area contributed by atoms with Gasteiger partial charge in [0, 0.05) is 35.6 Å². The van der Waals surface area contributed by atoms with Gasteiger partial charge in [0.15, 0.2) is 0 Å². The van der Waals surface area contributed by atoms with Crippen LogP contribution >= 0.6 is 0 Å². The number of allylic oxidation sites excluding steroid dienone is 2. The van der Waals surface area contributed by atoms with Crippen LogP contribution in [-0.4, -0.2) is 59.7 Å². The van der Waals surface area contributed by atoms with Gasteiger partial charge < -0.3 is 30.4 Å². The summed E-state index contributed by atoms with van der Waals surface area (Å²) < 4.78 is 50.9. The smallest absolute Gasteiger partial charge is 0.305 e. The number of aliphatic hydroxyl groups is 1. The Bertz CT molecular complexity index is 1450. The Kier molecular flexibility index (Phi) is 10.2. The molecule has 4 N–H and O–H groups in total. The molecule has 0 unspecified atom stereocenters. The van der Waals surface area contributed by atoms with Gasteiger partial charge in [0.05, 0.1) is 29.1 Å². The van der Waals surface area contributed by atoms with Crippen LogP contribution in [0.25, 0.3) is 11.6 Å². The third-order valence-corrected chi connectivity index (χ3v) is 7.86. The first-order valence-electron chi connectivity index (χ1n) is 14.6. The number of aliphatic hydroxyl groups excluding tert-OH is 1. The minimum absolute atomic E-state index is 0.000780. The summed E-state index contributed by atoms with van der Waals surface area (Å²) in [5, 5.41) is 15.2. The highest BCUT2D eigenvalue weighted by molar-refractivity contribution is 6.35. The lowest BCUT2D eigenvalue weighted by molar-refractivity contribution is -0.144.